The molecular weight excluding hydrogens is 214 g/mol. The van der Waals surface area contributed by atoms with E-state index in [0.717, 1.165) is 5.56 Å². The van der Waals surface area contributed by atoms with Gasteiger partial charge < -0.3 is 11.1 Å². The molecule has 0 saturated carbocycles. The van der Waals surface area contributed by atoms with Crippen molar-refractivity contribution in [1.82, 2.24) is 5.32 Å². The van der Waals surface area contributed by atoms with Crippen LogP contribution >= 0.6 is 0 Å². The van der Waals surface area contributed by atoms with Gasteiger partial charge in [0.05, 0.1) is 0 Å². The van der Waals surface area contributed by atoms with Crippen molar-refractivity contribution in [3.63, 3.8) is 0 Å². The van der Waals surface area contributed by atoms with Crippen LogP contribution < -0.4 is 11.1 Å². The molecule has 1 aromatic rings. The van der Waals surface area contributed by atoms with Gasteiger partial charge in [-0.1, -0.05) is 26.0 Å². The molecule has 0 aromatic heterocycles. The van der Waals surface area contributed by atoms with Gasteiger partial charge >= 0.3 is 0 Å². The molecule has 1 aliphatic heterocycles. The number of nitrogens with zero attached hydrogens (tertiary/aromatic N) is 1. The zero-order valence-corrected chi connectivity index (χ0v) is 10.3. The summed E-state index contributed by atoms with van der Waals surface area (Å²) < 4.78 is 0. The molecule has 1 aliphatic rings. The fourth-order valence-electron chi connectivity index (χ4n) is 1.78. The summed E-state index contributed by atoms with van der Waals surface area (Å²) in [7, 11) is 0. The van der Waals surface area contributed by atoms with Gasteiger partial charge in [-0.2, -0.15) is 0 Å². The Hall–Kier alpha value is -1.84. The van der Waals surface area contributed by atoms with E-state index in [9.17, 15) is 4.79 Å². The van der Waals surface area contributed by atoms with Gasteiger partial charge in [-0.15, -0.1) is 0 Å². The lowest BCUT2D eigenvalue weighted by Crippen LogP contribution is -2.41. The van der Waals surface area contributed by atoms with Crippen LogP contribution in [0.2, 0.25) is 0 Å². The highest BCUT2D eigenvalue weighted by Crippen LogP contribution is 2.27. The number of hydrogen-bond acceptors (Lipinski definition) is 3. The standard InChI is InChI=1S/C13H17N3O/c1-8(2)13(3)12(17)15-11(16-13)9-6-4-5-7-10(9)14/h4-8H,14H2,1-3H3,(H,15,16,17). The number of amidine groups is 1. The summed E-state index contributed by atoms with van der Waals surface area (Å²) in [5.74, 6) is 0.653. The van der Waals surface area contributed by atoms with Crippen LogP contribution in [0.4, 0.5) is 5.69 Å². The van der Waals surface area contributed by atoms with Crippen LogP contribution in [0.25, 0.3) is 0 Å². The van der Waals surface area contributed by atoms with Crippen LogP contribution in [0, 0.1) is 5.92 Å². The Bertz CT molecular complexity index is 493. The van der Waals surface area contributed by atoms with E-state index in [1.165, 1.54) is 0 Å². The second kappa shape index (κ2) is 3.87. The van der Waals surface area contributed by atoms with Gasteiger partial charge in [-0.25, -0.2) is 0 Å². The molecule has 3 N–H and O–H groups in total. The van der Waals surface area contributed by atoms with E-state index < -0.39 is 5.54 Å². The van der Waals surface area contributed by atoms with Crippen LogP contribution in [0.1, 0.15) is 26.3 Å². The number of carbonyl (C=O) groups excluding carboxylic acids is 1. The molecule has 1 aromatic carbocycles. The number of carbonyl (C=O) groups is 1. The molecule has 1 amide bonds. The zero-order chi connectivity index (χ0) is 12.6. The van der Waals surface area contributed by atoms with Gasteiger partial charge in [0.15, 0.2) is 0 Å². The summed E-state index contributed by atoms with van der Waals surface area (Å²) in [4.78, 5) is 16.5. The Kier molecular flexibility index (Phi) is 2.65. The molecule has 0 fully saturated rings. The number of nitrogens with two attached hydrogens (primary N) is 1. The number of benzene rings is 1. The van der Waals surface area contributed by atoms with E-state index in [1.54, 1.807) is 6.07 Å². The van der Waals surface area contributed by atoms with Gasteiger partial charge in [-0.3, -0.25) is 9.79 Å². The predicted molar refractivity (Wildman–Crippen MR) is 68.8 cm³/mol. The SMILES string of the molecule is CC(C)C1(C)N=C(c2ccccc2N)NC1=O. The molecule has 1 heterocycles. The highest BCUT2D eigenvalue weighted by Gasteiger charge is 2.42. The monoisotopic (exact) mass is 231 g/mol. The highest BCUT2D eigenvalue weighted by atomic mass is 16.2. The predicted octanol–water partition coefficient (Wildman–Crippen LogP) is 1.56. The molecule has 1 atom stereocenters. The topological polar surface area (TPSA) is 67.5 Å². The van der Waals surface area contributed by atoms with Gasteiger partial charge in [-0.05, 0) is 25.0 Å². The summed E-state index contributed by atoms with van der Waals surface area (Å²) in [5.41, 5.74) is 6.59. The first-order chi connectivity index (χ1) is 7.95. The number of aliphatic imine (C=N–C) groups is 1. The average molecular weight is 231 g/mol. The zero-order valence-electron chi connectivity index (χ0n) is 10.3. The minimum absolute atomic E-state index is 0.0641. The maximum Gasteiger partial charge on any atom is 0.253 e. The lowest BCUT2D eigenvalue weighted by atomic mass is 9.89. The first kappa shape index (κ1) is 11.6. The van der Waals surface area contributed by atoms with Crippen LogP contribution in [0.5, 0.6) is 0 Å². The van der Waals surface area contributed by atoms with Crippen molar-refractivity contribution in [1.29, 1.82) is 0 Å². The number of anilines is 1. The van der Waals surface area contributed by atoms with Crippen molar-refractivity contribution < 1.29 is 4.79 Å². The van der Waals surface area contributed by atoms with Crippen molar-refractivity contribution >= 4 is 17.4 Å². The molecule has 0 radical (unpaired) electrons. The third kappa shape index (κ3) is 1.79. The normalized spacial score (nSPS) is 23.8. The van der Waals surface area contributed by atoms with Gasteiger partial charge in [0.1, 0.15) is 11.4 Å². The fraction of sp³-hybridized carbons (Fsp3) is 0.385. The van der Waals surface area contributed by atoms with E-state index in [0.29, 0.717) is 11.5 Å². The summed E-state index contributed by atoms with van der Waals surface area (Å²) in [5, 5.41) is 2.81. The van der Waals surface area contributed by atoms with E-state index >= 15 is 0 Å². The van der Waals surface area contributed by atoms with E-state index in [-0.39, 0.29) is 11.8 Å². The largest absolute Gasteiger partial charge is 0.398 e. The number of nitrogens with one attached hydrogen (secondary N) is 1. The second-order valence-electron chi connectivity index (χ2n) is 4.80. The maximum atomic E-state index is 12.0. The minimum atomic E-state index is -0.697. The molecule has 1 unspecified atom stereocenters. The molecule has 0 bridgehead atoms. The van der Waals surface area contributed by atoms with Gasteiger partial charge in [0.2, 0.25) is 0 Å². The molecule has 4 nitrogen and oxygen atoms in total. The van der Waals surface area contributed by atoms with Crippen LogP contribution in [0.3, 0.4) is 0 Å². The summed E-state index contributed by atoms with van der Waals surface area (Å²) in [6.07, 6.45) is 0. The highest BCUT2D eigenvalue weighted by molar-refractivity contribution is 6.17. The van der Waals surface area contributed by atoms with Crippen molar-refractivity contribution in [2.45, 2.75) is 26.3 Å². The lowest BCUT2D eigenvalue weighted by molar-refractivity contribution is -0.124. The molecule has 0 aliphatic carbocycles. The van der Waals surface area contributed by atoms with E-state index in [1.807, 2.05) is 39.0 Å². The summed E-state index contributed by atoms with van der Waals surface area (Å²) in [6, 6.07) is 7.40. The lowest BCUT2D eigenvalue weighted by Gasteiger charge is -2.21. The number of para-hydroxylation sites is 1. The van der Waals surface area contributed by atoms with Crippen molar-refractivity contribution in [3.8, 4) is 0 Å². The summed E-state index contributed by atoms with van der Waals surface area (Å²) >= 11 is 0. The molecule has 90 valence electrons. The Labute approximate surface area is 101 Å². The smallest absolute Gasteiger partial charge is 0.253 e. The van der Waals surface area contributed by atoms with Crippen molar-refractivity contribution in [2.24, 2.45) is 10.9 Å². The van der Waals surface area contributed by atoms with Gasteiger partial charge in [0.25, 0.3) is 5.91 Å². The van der Waals surface area contributed by atoms with Crippen LogP contribution in [-0.4, -0.2) is 17.3 Å². The molecular formula is C13H17N3O. The Morgan fingerprint density at radius 2 is 2.00 bits per heavy atom. The van der Waals surface area contributed by atoms with Crippen LogP contribution in [0.15, 0.2) is 29.3 Å². The quantitative estimate of drug-likeness (QED) is 0.758. The number of amides is 1. The molecule has 2 rings (SSSR count). The molecule has 4 heteroatoms. The van der Waals surface area contributed by atoms with Crippen molar-refractivity contribution in [2.75, 3.05) is 5.73 Å². The number of hydrogen-bond donors (Lipinski definition) is 2. The molecule has 0 spiro atoms. The number of rotatable bonds is 2. The van der Waals surface area contributed by atoms with Gasteiger partial charge in [0, 0.05) is 11.3 Å². The fourth-order valence-corrected chi connectivity index (χ4v) is 1.78. The average Bonchev–Trinajstić information content (AvgIpc) is 2.57. The summed E-state index contributed by atoms with van der Waals surface area (Å²) in [6.45, 7) is 5.82. The Morgan fingerprint density at radius 1 is 1.35 bits per heavy atom. The van der Waals surface area contributed by atoms with Crippen LogP contribution in [-0.2, 0) is 4.79 Å². The van der Waals surface area contributed by atoms with Crippen molar-refractivity contribution in [3.05, 3.63) is 29.8 Å². The third-order valence-electron chi connectivity index (χ3n) is 3.38. The maximum absolute atomic E-state index is 12.0. The first-order valence-corrected chi connectivity index (χ1v) is 5.71. The number of nitrogen functional groups attached to an aromatic ring is 1. The second-order valence-corrected chi connectivity index (χ2v) is 4.80. The Morgan fingerprint density at radius 3 is 2.53 bits per heavy atom. The molecule has 17 heavy (non-hydrogen) atoms. The third-order valence-corrected chi connectivity index (χ3v) is 3.38. The first-order valence-electron chi connectivity index (χ1n) is 5.71. The van der Waals surface area contributed by atoms with E-state index in [4.69, 9.17) is 5.73 Å². The minimum Gasteiger partial charge on any atom is -0.398 e. The van der Waals surface area contributed by atoms with E-state index in [2.05, 4.69) is 10.3 Å². The molecule has 0 saturated heterocycles. The Balaban J connectivity index is 2.44.